The first-order valence-corrected chi connectivity index (χ1v) is 6.64. The van der Waals surface area contributed by atoms with Crippen molar-refractivity contribution in [1.29, 1.82) is 0 Å². The van der Waals surface area contributed by atoms with Crippen LogP contribution in [-0.4, -0.2) is 22.4 Å². The molecule has 96 valence electrons. The van der Waals surface area contributed by atoms with E-state index in [1.165, 1.54) is 4.88 Å². The van der Waals surface area contributed by atoms with Gasteiger partial charge in [-0.05, 0) is 23.9 Å². The van der Waals surface area contributed by atoms with E-state index in [1.54, 1.807) is 22.2 Å². The highest BCUT2D eigenvalue weighted by Gasteiger charge is 2.02. The van der Waals surface area contributed by atoms with Gasteiger partial charge in [0.05, 0.1) is 12.2 Å². The molecule has 6 heteroatoms. The van der Waals surface area contributed by atoms with Gasteiger partial charge in [0.1, 0.15) is 0 Å². The average molecular weight is 264 g/mol. The zero-order valence-corrected chi connectivity index (χ0v) is 11.0. The minimum Gasteiger partial charge on any atom is -0.338 e. The Labute approximate surface area is 110 Å². The number of hydrogen-bond donors (Lipinski definition) is 2. The second-order valence-corrected chi connectivity index (χ2v) is 4.92. The van der Waals surface area contributed by atoms with Crippen LogP contribution in [0.3, 0.4) is 0 Å². The molecule has 0 atom stereocenters. The van der Waals surface area contributed by atoms with Crippen molar-refractivity contribution in [2.75, 3.05) is 6.54 Å². The Morgan fingerprint density at radius 2 is 2.33 bits per heavy atom. The van der Waals surface area contributed by atoms with Crippen LogP contribution in [0, 0.1) is 0 Å². The molecule has 0 aliphatic heterocycles. The molecule has 2 amide bonds. The zero-order valence-electron chi connectivity index (χ0n) is 10.2. The van der Waals surface area contributed by atoms with E-state index >= 15 is 0 Å². The van der Waals surface area contributed by atoms with Gasteiger partial charge in [0.15, 0.2) is 0 Å². The molecule has 2 aromatic rings. The Morgan fingerprint density at radius 3 is 3.00 bits per heavy atom. The van der Waals surface area contributed by atoms with E-state index in [2.05, 4.69) is 21.8 Å². The number of thiophene rings is 1. The summed E-state index contributed by atoms with van der Waals surface area (Å²) in [5.41, 5.74) is 0.975. The number of nitrogens with one attached hydrogen (secondary N) is 2. The Balaban J connectivity index is 1.65. The van der Waals surface area contributed by atoms with Gasteiger partial charge in [0.2, 0.25) is 0 Å². The fourth-order valence-corrected chi connectivity index (χ4v) is 2.27. The molecular weight excluding hydrogens is 248 g/mol. The van der Waals surface area contributed by atoms with Crippen molar-refractivity contribution in [2.45, 2.75) is 13.0 Å². The van der Waals surface area contributed by atoms with E-state index in [0.717, 1.165) is 12.1 Å². The number of aryl methyl sites for hydroxylation is 1. The summed E-state index contributed by atoms with van der Waals surface area (Å²) < 4.78 is 1.74. The van der Waals surface area contributed by atoms with E-state index in [1.807, 2.05) is 24.6 Å². The molecule has 18 heavy (non-hydrogen) atoms. The molecule has 0 spiro atoms. The highest BCUT2D eigenvalue weighted by atomic mass is 32.1. The van der Waals surface area contributed by atoms with Gasteiger partial charge >= 0.3 is 6.03 Å². The van der Waals surface area contributed by atoms with Gasteiger partial charge in [-0.3, -0.25) is 4.68 Å². The second-order valence-electron chi connectivity index (χ2n) is 3.88. The highest BCUT2D eigenvalue weighted by molar-refractivity contribution is 7.09. The van der Waals surface area contributed by atoms with Gasteiger partial charge in [-0.1, -0.05) is 6.07 Å². The third-order valence-electron chi connectivity index (χ3n) is 2.59. The number of urea groups is 1. The van der Waals surface area contributed by atoms with Crippen molar-refractivity contribution in [3.05, 3.63) is 40.3 Å². The first-order chi connectivity index (χ1) is 8.75. The SMILES string of the molecule is Cn1nccc1CNC(=O)NCCc1cccs1. The molecule has 0 aliphatic rings. The summed E-state index contributed by atoms with van der Waals surface area (Å²) in [4.78, 5) is 12.8. The van der Waals surface area contributed by atoms with Gasteiger partial charge in [0.25, 0.3) is 0 Å². The van der Waals surface area contributed by atoms with Crippen molar-refractivity contribution < 1.29 is 4.79 Å². The van der Waals surface area contributed by atoms with Crippen molar-refractivity contribution in [3.8, 4) is 0 Å². The van der Waals surface area contributed by atoms with Crippen LogP contribution in [-0.2, 0) is 20.0 Å². The first kappa shape index (κ1) is 12.6. The predicted octanol–water partition coefficient (Wildman–Crippen LogP) is 1.52. The number of amides is 2. The average Bonchev–Trinajstić information content (AvgIpc) is 2.98. The molecule has 5 nitrogen and oxygen atoms in total. The fraction of sp³-hybridized carbons (Fsp3) is 0.333. The van der Waals surface area contributed by atoms with Gasteiger partial charge in [-0.2, -0.15) is 5.10 Å². The fourth-order valence-electron chi connectivity index (χ4n) is 1.56. The Hall–Kier alpha value is -1.82. The maximum Gasteiger partial charge on any atom is 0.315 e. The number of carbonyl (C=O) groups excluding carboxylic acids is 1. The molecule has 2 rings (SSSR count). The molecule has 0 bridgehead atoms. The van der Waals surface area contributed by atoms with E-state index in [9.17, 15) is 4.79 Å². The lowest BCUT2D eigenvalue weighted by molar-refractivity contribution is 0.240. The van der Waals surface area contributed by atoms with Gasteiger partial charge in [0, 0.05) is 24.7 Å². The molecule has 0 aliphatic carbocycles. The molecule has 2 N–H and O–H groups in total. The monoisotopic (exact) mass is 264 g/mol. The van der Waals surface area contributed by atoms with Crippen LogP contribution < -0.4 is 10.6 Å². The zero-order chi connectivity index (χ0) is 12.8. The van der Waals surface area contributed by atoms with Crippen LogP contribution in [0.4, 0.5) is 4.79 Å². The normalized spacial score (nSPS) is 10.3. The van der Waals surface area contributed by atoms with Crippen molar-refractivity contribution in [1.82, 2.24) is 20.4 Å². The topological polar surface area (TPSA) is 59.0 Å². The van der Waals surface area contributed by atoms with Gasteiger partial charge in [-0.25, -0.2) is 4.79 Å². The molecule has 2 aromatic heterocycles. The second kappa shape index (κ2) is 6.20. The molecule has 0 radical (unpaired) electrons. The van der Waals surface area contributed by atoms with Crippen LogP contribution >= 0.6 is 11.3 Å². The number of nitrogens with zero attached hydrogens (tertiary/aromatic N) is 2. The minimum atomic E-state index is -0.146. The van der Waals surface area contributed by atoms with Crippen molar-refractivity contribution in [2.24, 2.45) is 7.05 Å². The molecule has 2 heterocycles. The summed E-state index contributed by atoms with van der Waals surface area (Å²) in [5, 5.41) is 11.7. The lowest BCUT2D eigenvalue weighted by Crippen LogP contribution is -2.36. The van der Waals surface area contributed by atoms with Crippen LogP contribution in [0.2, 0.25) is 0 Å². The lowest BCUT2D eigenvalue weighted by Gasteiger charge is -2.07. The maximum absolute atomic E-state index is 11.5. The maximum atomic E-state index is 11.5. The Kier molecular flexibility index (Phi) is 4.35. The summed E-state index contributed by atoms with van der Waals surface area (Å²) in [6.07, 6.45) is 2.59. The van der Waals surface area contributed by atoms with E-state index in [4.69, 9.17) is 0 Å². The summed E-state index contributed by atoms with van der Waals surface area (Å²) >= 11 is 1.70. The summed E-state index contributed by atoms with van der Waals surface area (Å²) in [6, 6.07) is 5.82. The molecular formula is C12H16N4OS. The highest BCUT2D eigenvalue weighted by Crippen LogP contribution is 2.07. The predicted molar refractivity (Wildman–Crippen MR) is 71.5 cm³/mol. The van der Waals surface area contributed by atoms with Gasteiger partial charge < -0.3 is 10.6 Å². The molecule has 0 saturated heterocycles. The standard InChI is InChI=1S/C12H16N4OS/c1-16-10(4-7-15-16)9-14-12(17)13-6-5-11-3-2-8-18-11/h2-4,7-8H,5-6,9H2,1H3,(H2,13,14,17). The van der Waals surface area contributed by atoms with Crippen molar-refractivity contribution >= 4 is 17.4 Å². The van der Waals surface area contributed by atoms with Crippen LogP contribution in [0.1, 0.15) is 10.6 Å². The summed E-state index contributed by atoms with van der Waals surface area (Å²) in [7, 11) is 1.85. The van der Waals surface area contributed by atoms with E-state index in [0.29, 0.717) is 13.1 Å². The molecule has 0 unspecified atom stereocenters. The first-order valence-electron chi connectivity index (χ1n) is 5.76. The Morgan fingerprint density at radius 1 is 1.44 bits per heavy atom. The molecule has 0 saturated carbocycles. The third-order valence-corrected chi connectivity index (χ3v) is 3.53. The smallest absolute Gasteiger partial charge is 0.315 e. The third kappa shape index (κ3) is 3.59. The van der Waals surface area contributed by atoms with E-state index < -0.39 is 0 Å². The summed E-state index contributed by atoms with van der Waals surface area (Å²) in [6.45, 7) is 1.14. The lowest BCUT2D eigenvalue weighted by atomic mass is 10.3. The van der Waals surface area contributed by atoms with E-state index in [-0.39, 0.29) is 6.03 Å². The number of hydrogen-bond acceptors (Lipinski definition) is 3. The largest absolute Gasteiger partial charge is 0.338 e. The quantitative estimate of drug-likeness (QED) is 0.860. The number of carbonyl (C=O) groups is 1. The Bertz CT molecular complexity index is 492. The van der Waals surface area contributed by atoms with Gasteiger partial charge in [-0.15, -0.1) is 11.3 Å². The van der Waals surface area contributed by atoms with Crippen molar-refractivity contribution in [3.63, 3.8) is 0 Å². The molecule has 0 fully saturated rings. The number of rotatable bonds is 5. The number of aromatic nitrogens is 2. The van der Waals surface area contributed by atoms with Crippen LogP contribution in [0.15, 0.2) is 29.8 Å². The summed E-state index contributed by atoms with van der Waals surface area (Å²) in [5.74, 6) is 0. The van der Waals surface area contributed by atoms with Crippen LogP contribution in [0.25, 0.3) is 0 Å². The van der Waals surface area contributed by atoms with Crippen LogP contribution in [0.5, 0.6) is 0 Å². The minimum absolute atomic E-state index is 0.146. The molecule has 0 aromatic carbocycles.